The molecule has 0 aliphatic carbocycles. The third kappa shape index (κ3) is 4.82. The molecule has 1 aromatic heterocycles. The lowest BCUT2D eigenvalue weighted by molar-refractivity contribution is -0.132. The van der Waals surface area contributed by atoms with Crippen LogP contribution in [0.1, 0.15) is 22.3 Å². The van der Waals surface area contributed by atoms with Gasteiger partial charge in [-0.15, -0.1) is 0 Å². The van der Waals surface area contributed by atoms with Gasteiger partial charge >= 0.3 is 0 Å². The molecule has 0 atom stereocenters. The minimum absolute atomic E-state index is 0.0354. The number of piperazine rings is 1. The second kappa shape index (κ2) is 10.2. The molecule has 2 amide bonds. The van der Waals surface area contributed by atoms with Crippen molar-refractivity contribution in [3.05, 3.63) is 89.7 Å². The first kappa shape index (κ1) is 23.6. The number of methoxy groups -OCH3 is 1. The van der Waals surface area contributed by atoms with Crippen molar-refractivity contribution in [2.75, 3.05) is 33.3 Å². The Bertz CT molecular complexity index is 1390. The number of aromatic amines is 1. The standard InChI is InChI=1S/C29H28FN3O3/c1-36-23-9-5-8-21(18-23)29(35)33-16-14-32(15-17-33)27(34)13-11-24-25-19-22(30)10-12-26(25)31-28(24)20-6-3-2-4-7-20/h2-10,12,18-19,31H,11,13-17H2,1H3. The number of amides is 2. The zero-order chi connectivity index (χ0) is 25.1. The molecule has 1 fully saturated rings. The van der Waals surface area contributed by atoms with Gasteiger partial charge in [0.1, 0.15) is 11.6 Å². The van der Waals surface area contributed by atoms with Crippen molar-refractivity contribution >= 4 is 22.7 Å². The molecule has 2 heterocycles. The Morgan fingerprint density at radius 3 is 2.42 bits per heavy atom. The van der Waals surface area contributed by atoms with Gasteiger partial charge in [-0.2, -0.15) is 0 Å². The highest BCUT2D eigenvalue weighted by Crippen LogP contribution is 2.32. The van der Waals surface area contributed by atoms with Crippen LogP contribution in [-0.2, 0) is 11.2 Å². The summed E-state index contributed by atoms with van der Waals surface area (Å²) in [5.41, 5.74) is 4.28. The normalized spacial score (nSPS) is 13.7. The lowest BCUT2D eigenvalue weighted by Gasteiger charge is -2.35. The van der Waals surface area contributed by atoms with Gasteiger partial charge in [0.2, 0.25) is 5.91 Å². The molecule has 1 aliphatic rings. The van der Waals surface area contributed by atoms with Crippen molar-refractivity contribution in [2.45, 2.75) is 12.8 Å². The second-order valence-corrected chi connectivity index (χ2v) is 8.94. The van der Waals surface area contributed by atoms with E-state index >= 15 is 0 Å². The summed E-state index contributed by atoms with van der Waals surface area (Å²) < 4.78 is 19.3. The third-order valence-corrected chi connectivity index (χ3v) is 6.76. The first-order valence-corrected chi connectivity index (χ1v) is 12.1. The fraction of sp³-hybridized carbons (Fsp3) is 0.241. The molecule has 5 rings (SSSR count). The van der Waals surface area contributed by atoms with Crippen molar-refractivity contribution in [2.24, 2.45) is 0 Å². The molecule has 1 N–H and O–H groups in total. The van der Waals surface area contributed by atoms with Crippen LogP contribution in [0.2, 0.25) is 0 Å². The predicted molar refractivity (Wildman–Crippen MR) is 137 cm³/mol. The minimum Gasteiger partial charge on any atom is -0.497 e. The molecule has 4 aromatic rings. The summed E-state index contributed by atoms with van der Waals surface area (Å²) in [4.78, 5) is 33.0. The molecule has 0 radical (unpaired) electrons. The maximum Gasteiger partial charge on any atom is 0.254 e. The number of ether oxygens (including phenoxy) is 1. The average molecular weight is 486 g/mol. The quantitative estimate of drug-likeness (QED) is 0.423. The number of rotatable bonds is 6. The Morgan fingerprint density at radius 2 is 1.67 bits per heavy atom. The Labute approximate surface area is 209 Å². The zero-order valence-corrected chi connectivity index (χ0v) is 20.2. The van der Waals surface area contributed by atoms with Gasteiger partial charge in [0.25, 0.3) is 5.91 Å². The van der Waals surface area contributed by atoms with Crippen LogP contribution in [0.5, 0.6) is 5.75 Å². The third-order valence-electron chi connectivity index (χ3n) is 6.76. The van der Waals surface area contributed by atoms with Crippen molar-refractivity contribution in [1.29, 1.82) is 0 Å². The van der Waals surface area contributed by atoms with Gasteiger partial charge in [-0.3, -0.25) is 9.59 Å². The van der Waals surface area contributed by atoms with Crippen LogP contribution < -0.4 is 4.74 Å². The van der Waals surface area contributed by atoms with E-state index in [2.05, 4.69) is 4.98 Å². The van der Waals surface area contributed by atoms with Crippen molar-refractivity contribution in [3.8, 4) is 17.0 Å². The molecule has 0 saturated carbocycles. The van der Waals surface area contributed by atoms with Gasteiger partial charge in [0.15, 0.2) is 0 Å². The molecule has 6 nitrogen and oxygen atoms in total. The molecular formula is C29H28FN3O3. The van der Waals surface area contributed by atoms with Crippen LogP contribution in [0.25, 0.3) is 22.2 Å². The van der Waals surface area contributed by atoms with Crippen LogP contribution in [0.3, 0.4) is 0 Å². The van der Waals surface area contributed by atoms with Crippen LogP contribution >= 0.6 is 0 Å². The van der Waals surface area contributed by atoms with E-state index in [1.54, 1.807) is 42.3 Å². The van der Waals surface area contributed by atoms with Crippen molar-refractivity contribution < 1.29 is 18.7 Å². The SMILES string of the molecule is COc1cccc(C(=O)N2CCN(C(=O)CCc3c(-c4ccccc4)[nH]c4ccc(F)cc34)CC2)c1. The number of benzene rings is 3. The highest BCUT2D eigenvalue weighted by atomic mass is 19.1. The summed E-state index contributed by atoms with van der Waals surface area (Å²) in [5, 5.41) is 0.801. The molecule has 7 heteroatoms. The number of hydrogen-bond acceptors (Lipinski definition) is 3. The lowest BCUT2D eigenvalue weighted by atomic mass is 10.0. The van der Waals surface area contributed by atoms with Crippen LogP contribution in [0.4, 0.5) is 4.39 Å². The summed E-state index contributed by atoms with van der Waals surface area (Å²) in [6.07, 6.45) is 0.808. The van der Waals surface area contributed by atoms with E-state index in [4.69, 9.17) is 4.74 Å². The van der Waals surface area contributed by atoms with Crippen LogP contribution in [0, 0.1) is 5.82 Å². The summed E-state index contributed by atoms with van der Waals surface area (Å²) in [7, 11) is 1.57. The van der Waals surface area contributed by atoms with Crippen molar-refractivity contribution in [3.63, 3.8) is 0 Å². The number of aryl methyl sites for hydroxylation is 1. The smallest absolute Gasteiger partial charge is 0.254 e. The van der Waals surface area contributed by atoms with E-state index < -0.39 is 0 Å². The van der Waals surface area contributed by atoms with E-state index in [0.29, 0.717) is 50.3 Å². The van der Waals surface area contributed by atoms with Gasteiger partial charge in [-0.25, -0.2) is 4.39 Å². The van der Waals surface area contributed by atoms with E-state index in [1.165, 1.54) is 12.1 Å². The van der Waals surface area contributed by atoms with Gasteiger partial charge < -0.3 is 19.5 Å². The van der Waals surface area contributed by atoms with Gasteiger partial charge in [0, 0.05) is 54.8 Å². The highest BCUT2D eigenvalue weighted by molar-refractivity contribution is 5.95. The summed E-state index contributed by atoms with van der Waals surface area (Å²) in [6, 6.07) is 21.7. The van der Waals surface area contributed by atoms with Crippen LogP contribution in [-0.4, -0.2) is 59.9 Å². The van der Waals surface area contributed by atoms with E-state index in [0.717, 1.165) is 27.7 Å². The molecular weight excluding hydrogens is 457 g/mol. The van der Waals surface area contributed by atoms with Crippen LogP contribution in [0.15, 0.2) is 72.8 Å². The molecule has 1 aliphatic heterocycles. The molecule has 3 aromatic carbocycles. The number of fused-ring (bicyclic) bond motifs is 1. The first-order valence-electron chi connectivity index (χ1n) is 12.1. The van der Waals surface area contributed by atoms with Gasteiger partial charge in [-0.05, 0) is 53.9 Å². The van der Waals surface area contributed by atoms with E-state index in [9.17, 15) is 14.0 Å². The number of H-pyrrole nitrogens is 1. The topological polar surface area (TPSA) is 65.6 Å². The molecule has 184 valence electrons. The Morgan fingerprint density at radius 1 is 0.917 bits per heavy atom. The van der Waals surface area contributed by atoms with E-state index in [-0.39, 0.29) is 17.6 Å². The number of halogens is 1. The maximum absolute atomic E-state index is 14.1. The Kier molecular flexibility index (Phi) is 6.71. The maximum atomic E-state index is 14.1. The molecule has 36 heavy (non-hydrogen) atoms. The number of nitrogens with zero attached hydrogens (tertiary/aromatic N) is 2. The monoisotopic (exact) mass is 485 g/mol. The summed E-state index contributed by atoms with van der Waals surface area (Å²) in [5.74, 6) is 0.315. The van der Waals surface area contributed by atoms with Gasteiger partial charge in [-0.1, -0.05) is 36.4 Å². The minimum atomic E-state index is -0.300. The average Bonchev–Trinajstić information content (AvgIpc) is 3.29. The second-order valence-electron chi connectivity index (χ2n) is 8.94. The number of carbonyl (C=O) groups excluding carboxylic acids is 2. The fourth-order valence-corrected chi connectivity index (χ4v) is 4.82. The predicted octanol–water partition coefficient (Wildman–Crippen LogP) is 4.90. The number of aromatic nitrogens is 1. The molecule has 0 spiro atoms. The lowest BCUT2D eigenvalue weighted by Crippen LogP contribution is -2.50. The Balaban J connectivity index is 1.26. The zero-order valence-electron chi connectivity index (χ0n) is 20.2. The highest BCUT2D eigenvalue weighted by Gasteiger charge is 2.25. The van der Waals surface area contributed by atoms with E-state index in [1.807, 2.05) is 35.2 Å². The van der Waals surface area contributed by atoms with Gasteiger partial charge in [0.05, 0.1) is 7.11 Å². The first-order chi connectivity index (χ1) is 17.5. The molecule has 0 unspecified atom stereocenters. The molecule has 0 bridgehead atoms. The van der Waals surface area contributed by atoms with Crippen molar-refractivity contribution in [1.82, 2.24) is 14.8 Å². The number of carbonyl (C=O) groups is 2. The Hall–Kier alpha value is -4.13. The summed E-state index contributed by atoms with van der Waals surface area (Å²) >= 11 is 0. The number of nitrogens with one attached hydrogen (secondary N) is 1. The fourth-order valence-electron chi connectivity index (χ4n) is 4.82. The largest absolute Gasteiger partial charge is 0.497 e. The summed E-state index contributed by atoms with van der Waals surface area (Å²) in [6.45, 7) is 1.94. The molecule has 1 saturated heterocycles. The number of hydrogen-bond donors (Lipinski definition) is 1.